The molecule has 3 nitrogen and oxygen atoms in total. The average Bonchev–Trinajstić information content (AvgIpc) is 1.88. The Labute approximate surface area is 62.2 Å². The van der Waals surface area contributed by atoms with Crippen LogP contribution in [0, 0.1) is 0 Å². The van der Waals surface area contributed by atoms with Crippen molar-refractivity contribution in [2.75, 3.05) is 6.54 Å². The number of hydrogen-bond donors (Lipinski definition) is 1. The summed E-state index contributed by atoms with van der Waals surface area (Å²) in [7, 11) is 0. The summed E-state index contributed by atoms with van der Waals surface area (Å²) in [5, 5.41) is 0. The van der Waals surface area contributed by atoms with Crippen molar-refractivity contribution in [2.24, 2.45) is 5.73 Å². The van der Waals surface area contributed by atoms with E-state index in [9.17, 15) is 4.79 Å². The monoisotopic (exact) mass is 144 g/mol. The Morgan fingerprint density at radius 3 is 2.20 bits per heavy atom. The third-order valence-corrected chi connectivity index (χ3v) is 1.75. The molecule has 10 heavy (non-hydrogen) atoms. The van der Waals surface area contributed by atoms with E-state index >= 15 is 0 Å². The Morgan fingerprint density at radius 1 is 1.60 bits per heavy atom. The normalized spacial score (nSPS) is 12.7. The van der Waals surface area contributed by atoms with Gasteiger partial charge in [0.2, 0.25) is 0 Å². The molecule has 0 aliphatic rings. The molecule has 2 amide bonds. The van der Waals surface area contributed by atoms with Crippen LogP contribution in [0.1, 0.15) is 27.2 Å². The van der Waals surface area contributed by atoms with Gasteiger partial charge >= 0.3 is 6.03 Å². The lowest BCUT2D eigenvalue weighted by molar-refractivity contribution is 0.190. The van der Waals surface area contributed by atoms with E-state index in [4.69, 9.17) is 5.73 Å². The van der Waals surface area contributed by atoms with E-state index < -0.39 is 0 Å². The maximum Gasteiger partial charge on any atom is 0.315 e. The van der Waals surface area contributed by atoms with E-state index in [2.05, 4.69) is 0 Å². The van der Waals surface area contributed by atoms with Crippen LogP contribution in [0.3, 0.4) is 0 Å². The Kier molecular flexibility index (Phi) is 3.84. The second kappa shape index (κ2) is 4.14. The van der Waals surface area contributed by atoms with E-state index in [1.165, 1.54) is 0 Å². The van der Waals surface area contributed by atoms with Crippen LogP contribution in [-0.4, -0.2) is 23.5 Å². The largest absolute Gasteiger partial charge is 0.351 e. The van der Waals surface area contributed by atoms with Crippen LogP contribution in [0.2, 0.25) is 0 Å². The number of nitrogens with two attached hydrogens (primary N) is 1. The van der Waals surface area contributed by atoms with Gasteiger partial charge < -0.3 is 10.6 Å². The van der Waals surface area contributed by atoms with Crippen molar-refractivity contribution in [1.29, 1.82) is 0 Å². The standard InChI is InChI=1S/C7H16N2O/c1-4-6(3)9(5-2)7(8)10/h6H,4-5H2,1-3H3,(H2,8,10). The van der Waals surface area contributed by atoms with Crippen LogP contribution in [0.5, 0.6) is 0 Å². The van der Waals surface area contributed by atoms with E-state index in [1.807, 2.05) is 20.8 Å². The number of nitrogens with zero attached hydrogens (tertiary/aromatic N) is 1. The molecule has 60 valence electrons. The van der Waals surface area contributed by atoms with Gasteiger partial charge in [-0.05, 0) is 20.3 Å². The molecule has 0 aromatic heterocycles. The van der Waals surface area contributed by atoms with Crippen LogP contribution in [-0.2, 0) is 0 Å². The van der Waals surface area contributed by atoms with E-state index in [1.54, 1.807) is 4.90 Å². The van der Waals surface area contributed by atoms with E-state index in [0.717, 1.165) is 6.42 Å². The number of carbonyl (C=O) groups is 1. The first kappa shape index (κ1) is 9.27. The molecule has 0 aromatic carbocycles. The fourth-order valence-electron chi connectivity index (χ4n) is 0.905. The number of urea groups is 1. The Morgan fingerprint density at radius 2 is 2.10 bits per heavy atom. The zero-order valence-corrected chi connectivity index (χ0v) is 6.92. The molecule has 2 N–H and O–H groups in total. The highest BCUT2D eigenvalue weighted by Gasteiger charge is 2.12. The summed E-state index contributed by atoms with van der Waals surface area (Å²) in [5.41, 5.74) is 5.11. The van der Waals surface area contributed by atoms with Gasteiger partial charge in [0, 0.05) is 12.6 Å². The zero-order chi connectivity index (χ0) is 8.15. The van der Waals surface area contributed by atoms with Crippen molar-refractivity contribution < 1.29 is 4.79 Å². The van der Waals surface area contributed by atoms with Gasteiger partial charge in [0.05, 0.1) is 0 Å². The molecule has 1 unspecified atom stereocenters. The predicted molar refractivity (Wildman–Crippen MR) is 41.7 cm³/mol. The molecule has 0 aromatic rings. The minimum Gasteiger partial charge on any atom is -0.351 e. The fourth-order valence-corrected chi connectivity index (χ4v) is 0.905. The Balaban J connectivity index is 3.92. The van der Waals surface area contributed by atoms with Crippen LogP contribution in [0.15, 0.2) is 0 Å². The smallest absolute Gasteiger partial charge is 0.315 e. The predicted octanol–water partition coefficient (Wildman–Crippen LogP) is 1.19. The van der Waals surface area contributed by atoms with Gasteiger partial charge in [0.1, 0.15) is 0 Å². The number of rotatable bonds is 3. The summed E-state index contributed by atoms with van der Waals surface area (Å²) >= 11 is 0. The first-order valence-electron chi connectivity index (χ1n) is 3.69. The van der Waals surface area contributed by atoms with Gasteiger partial charge in [-0.1, -0.05) is 6.92 Å². The van der Waals surface area contributed by atoms with Crippen molar-refractivity contribution in [1.82, 2.24) is 4.90 Å². The van der Waals surface area contributed by atoms with Crippen LogP contribution in [0.25, 0.3) is 0 Å². The average molecular weight is 144 g/mol. The lowest BCUT2D eigenvalue weighted by Crippen LogP contribution is -2.41. The summed E-state index contributed by atoms with van der Waals surface area (Å²) in [4.78, 5) is 12.3. The molecule has 0 fully saturated rings. The maximum atomic E-state index is 10.7. The van der Waals surface area contributed by atoms with Crippen LogP contribution >= 0.6 is 0 Å². The molecule has 3 heteroatoms. The summed E-state index contributed by atoms with van der Waals surface area (Å²) in [5.74, 6) is 0. The molecule has 0 aliphatic heterocycles. The SMILES string of the molecule is CCC(C)N(CC)C(N)=O. The molecule has 0 saturated carbocycles. The minimum atomic E-state index is -0.322. The van der Waals surface area contributed by atoms with Gasteiger partial charge in [0.15, 0.2) is 0 Å². The molecule has 0 bridgehead atoms. The van der Waals surface area contributed by atoms with Crippen molar-refractivity contribution in [3.63, 3.8) is 0 Å². The van der Waals surface area contributed by atoms with Crippen molar-refractivity contribution in [2.45, 2.75) is 33.2 Å². The lowest BCUT2D eigenvalue weighted by Gasteiger charge is -2.24. The molecule has 0 radical (unpaired) electrons. The second-order valence-corrected chi connectivity index (χ2v) is 2.38. The number of carbonyl (C=O) groups excluding carboxylic acids is 1. The number of amides is 2. The molecular weight excluding hydrogens is 128 g/mol. The van der Waals surface area contributed by atoms with Crippen molar-refractivity contribution >= 4 is 6.03 Å². The van der Waals surface area contributed by atoms with E-state index in [0.29, 0.717) is 6.54 Å². The zero-order valence-electron chi connectivity index (χ0n) is 6.92. The third-order valence-electron chi connectivity index (χ3n) is 1.75. The van der Waals surface area contributed by atoms with Gasteiger partial charge in [-0.2, -0.15) is 0 Å². The van der Waals surface area contributed by atoms with Gasteiger partial charge in [-0.25, -0.2) is 4.79 Å². The second-order valence-electron chi connectivity index (χ2n) is 2.38. The Hall–Kier alpha value is -0.730. The molecule has 0 saturated heterocycles. The quantitative estimate of drug-likeness (QED) is 0.635. The van der Waals surface area contributed by atoms with Crippen molar-refractivity contribution in [3.05, 3.63) is 0 Å². The maximum absolute atomic E-state index is 10.7. The summed E-state index contributed by atoms with van der Waals surface area (Å²) in [6, 6.07) is -0.0562. The summed E-state index contributed by atoms with van der Waals surface area (Å²) < 4.78 is 0. The summed E-state index contributed by atoms with van der Waals surface area (Å²) in [6.07, 6.45) is 0.955. The van der Waals surface area contributed by atoms with Crippen molar-refractivity contribution in [3.8, 4) is 0 Å². The third kappa shape index (κ3) is 2.25. The fraction of sp³-hybridized carbons (Fsp3) is 0.857. The topological polar surface area (TPSA) is 46.3 Å². The molecule has 0 heterocycles. The van der Waals surface area contributed by atoms with Gasteiger partial charge in [-0.3, -0.25) is 0 Å². The first-order chi connectivity index (χ1) is 4.63. The highest BCUT2D eigenvalue weighted by molar-refractivity contribution is 5.72. The molecule has 1 atom stereocenters. The van der Waals surface area contributed by atoms with Gasteiger partial charge in [-0.15, -0.1) is 0 Å². The lowest BCUT2D eigenvalue weighted by atomic mass is 10.2. The van der Waals surface area contributed by atoms with E-state index in [-0.39, 0.29) is 12.1 Å². The highest BCUT2D eigenvalue weighted by atomic mass is 16.2. The molecule has 0 rings (SSSR count). The highest BCUT2D eigenvalue weighted by Crippen LogP contribution is 2.01. The summed E-state index contributed by atoms with van der Waals surface area (Å²) in [6.45, 7) is 6.66. The molecular formula is C7H16N2O. The van der Waals surface area contributed by atoms with Crippen LogP contribution in [0.4, 0.5) is 4.79 Å². The molecule has 0 aliphatic carbocycles. The number of hydrogen-bond acceptors (Lipinski definition) is 1. The molecule has 0 spiro atoms. The van der Waals surface area contributed by atoms with Gasteiger partial charge in [0.25, 0.3) is 0 Å². The number of primary amides is 1. The first-order valence-corrected chi connectivity index (χ1v) is 3.69. The van der Waals surface area contributed by atoms with Crippen LogP contribution < -0.4 is 5.73 Å². The minimum absolute atomic E-state index is 0.266. The Bertz CT molecular complexity index is 114.